The van der Waals surface area contributed by atoms with Gasteiger partial charge in [-0.2, -0.15) is 0 Å². The van der Waals surface area contributed by atoms with Crippen LogP contribution in [0.4, 0.5) is 5.69 Å². The summed E-state index contributed by atoms with van der Waals surface area (Å²) in [6, 6.07) is 27.3. The summed E-state index contributed by atoms with van der Waals surface area (Å²) >= 11 is 0. The summed E-state index contributed by atoms with van der Waals surface area (Å²) in [6.07, 6.45) is 2.68. The Kier molecular flexibility index (Phi) is 4.16. The molecule has 1 aromatic heterocycles. The quantitative estimate of drug-likeness (QED) is 0.592. The predicted molar refractivity (Wildman–Crippen MR) is 116 cm³/mol. The summed E-state index contributed by atoms with van der Waals surface area (Å²) in [7, 11) is 0. The minimum atomic E-state index is -0.370. The molecule has 0 unspecified atom stereocenters. The predicted octanol–water partition coefficient (Wildman–Crippen LogP) is 4.83. The van der Waals surface area contributed by atoms with Crippen molar-refractivity contribution >= 4 is 11.6 Å². The van der Waals surface area contributed by atoms with E-state index in [1.54, 1.807) is 0 Å². The third-order valence-electron chi connectivity index (χ3n) is 5.73. The molecule has 2 aromatic carbocycles. The first-order valence-corrected chi connectivity index (χ1v) is 10.1. The van der Waals surface area contributed by atoms with Crippen LogP contribution < -0.4 is 4.90 Å². The molecule has 146 valence electrons. The van der Waals surface area contributed by atoms with Gasteiger partial charge in [-0.15, -0.1) is 0 Å². The molecule has 2 atom stereocenters. The van der Waals surface area contributed by atoms with Gasteiger partial charge in [0, 0.05) is 18.3 Å². The van der Waals surface area contributed by atoms with Gasteiger partial charge in [-0.05, 0) is 43.7 Å². The zero-order valence-electron chi connectivity index (χ0n) is 16.8. The van der Waals surface area contributed by atoms with Gasteiger partial charge in [-0.25, -0.2) is 4.99 Å². The summed E-state index contributed by atoms with van der Waals surface area (Å²) in [4.78, 5) is 12.2. The Labute approximate surface area is 171 Å². The van der Waals surface area contributed by atoms with E-state index < -0.39 is 0 Å². The van der Waals surface area contributed by atoms with Crippen LogP contribution in [-0.2, 0) is 11.2 Å². The lowest BCUT2D eigenvalue weighted by atomic mass is 9.93. The molecular formula is C25H25N3O. The first-order valence-electron chi connectivity index (χ1n) is 10.1. The monoisotopic (exact) mass is 383 g/mol. The van der Waals surface area contributed by atoms with Crippen LogP contribution in [0, 0.1) is 0 Å². The molecule has 0 amide bonds. The summed E-state index contributed by atoms with van der Waals surface area (Å²) < 4.78 is 6.25. The van der Waals surface area contributed by atoms with Crippen LogP contribution in [0.2, 0.25) is 0 Å². The van der Waals surface area contributed by atoms with Crippen LogP contribution in [0.25, 0.3) is 0 Å². The topological polar surface area (TPSA) is 37.5 Å². The van der Waals surface area contributed by atoms with Crippen LogP contribution in [0.3, 0.4) is 0 Å². The Morgan fingerprint density at radius 2 is 1.62 bits per heavy atom. The Bertz CT molecular complexity index is 970. The van der Waals surface area contributed by atoms with Gasteiger partial charge < -0.3 is 9.64 Å². The molecule has 1 fully saturated rings. The first kappa shape index (κ1) is 17.9. The van der Waals surface area contributed by atoms with Crippen molar-refractivity contribution in [2.24, 2.45) is 4.99 Å². The van der Waals surface area contributed by atoms with Crippen LogP contribution in [-0.4, -0.2) is 28.6 Å². The summed E-state index contributed by atoms with van der Waals surface area (Å²) in [5.41, 5.74) is 2.89. The number of hydrogen-bond donors (Lipinski definition) is 0. The second-order valence-electron chi connectivity index (χ2n) is 8.47. The largest absolute Gasteiger partial charge is 0.477 e. The zero-order valence-corrected chi connectivity index (χ0v) is 16.8. The average molecular weight is 383 g/mol. The SMILES string of the molecule is CC1(C)COC([C@]2(Cc3ccccc3)[C@@H](c3ccccn3)N2c2ccccc2)=N1. The molecule has 1 saturated heterocycles. The van der Waals surface area contributed by atoms with Gasteiger partial charge in [-0.1, -0.05) is 54.6 Å². The minimum Gasteiger partial charge on any atom is -0.477 e. The van der Waals surface area contributed by atoms with Crippen molar-refractivity contribution in [3.63, 3.8) is 0 Å². The Hall–Kier alpha value is -3.14. The minimum absolute atomic E-state index is 0.0824. The molecule has 5 rings (SSSR count). The number of rotatable bonds is 5. The summed E-state index contributed by atoms with van der Waals surface area (Å²) in [5, 5.41) is 0. The third kappa shape index (κ3) is 3.09. The summed E-state index contributed by atoms with van der Waals surface area (Å²) in [5.74, 6) is 0.825. The fraction of sp³-hybridized carbons (Fsp3) is 0.280. The number of pyridine rings is 1. The van der Waals surface area contributed by atoms with Crippen molar-refractivity contribution in [1.82, 2.24) is 4.98 Å². The highest BCUT2D eigenvalue weighted by molar-refractivity contribution is 5.99. The molecule has 0 radical (unpaired) electrons. The van der Waals surface area contributed by atoms with E-state index in [1.807, 2.05) is 18.3 Å². The smallest absolute Gasteiger partial charge is 0.213 e. The van der Waals surface area contributed by atoms with E-state index in [1.165, 1.54) is 5.56 Å². The Morgan fingerprint density at radius 1 is 0.931 bits per heavy atom. The molecule has 2 aliphatic heterocycles. The number of aliphatic imine (C=N–C) groups is 1. The van der Waals surface area contributed by atoms with Crippen LogP contribution >= 0.6 is 0 Å². The number of nitrogens with zero attached hydrogens (tertiary/aromatic N) is 3. The van der Waals surface area contributed by atoms with Gasteiger partial charge in [-0.3, -0.25) is 4.98 Å². The fourth-order valence-corrected chi connectivity index (χ4v) is 4.41. The molecule has 4 heteroatoms. The standard InChI is InChI=1S/C25H25N3O/c1-24(2)18-29-23(27-24)25(17-19-11-5-3-6-12-19)22(21-15-9-10-16-26-21)28(25)20-13-7-4-8-14-20/h3-16,22H,17-18H2,1-2H3/t22-,25+,28?/m1/s1. The number of hydrogen-bond acceptors (Lipinski definition) is 4. The van der Waals surface area contributed by atoms with E-state index in [-0.39, 0.29) is 17.1 Å². The van der Waals surface area contributed by atoms with Crippen LogP contribution in [0.1, 0.15) is 31.1 Å². The van der Waals surface area contributed by atoms with Crippen molar-refractivity contribution in [2.45, 2.75) is 37.4 Å². The molecule has 0 aliphatic carbocycles. The van der Waals surface area contributed by atoms with Crippen molar-refractivity contribution < 1.29 is 4.74 Å². The normalized spacial score (nSPS) is 24.7. The lowest BCUT2D eigenvalue weighted by molar-refractivity contribution is 0.268. The molecule has 3 aromatic rings. The van der Waals surface area contributed by atoms with Crippen molar-refractivity contribution in [3.05, 3.63) is 96.3 Å². The molecule has 0 bridgehead atoms. The molecule has 3 heterocycles. The van der Waals surface area contributed by atoms with Gasteiger partial charge in [0.2, 0.25) is 5.90 Å². The molecule has 4 nitrogen and oxygen atoms in total. The van der Waals surface area contributed by atoms with E-state index in [4.69, 9.17) is 14.7 Å². The van der Waals surface area contributed by atoms with Crippen molar-refractivity contribution in [1.29, 1.82) is 0 Å². The average Bonchev–Trinajstić information content (AvgIpc) is 3.27. The van der Waals surface area contributed by atoms with Gasteiger partial charge in [0.15, 0.2) is 0 Å². The molecule has 2 aliphatic rings. The lowest BCUT2D eigenvalue weighted by Gasteiger charge is -2.18. The lowest BCUT2D eigenvalue weighted by Crippen LogP contribution is -2.33. The highest BCUT2D eigenvalue weighted by Crippen LogP contribution is 2.58. The maximum atomic E-state index is 6.25. The second-order valence-corrected chi connectivity index (χ2v) is 8.47. The van der Waals surface area contributed by atoms with Crippen molar-refractivity contribution in [2.75, 3.05) is 11.5 Å². The second kappa shape index (κ2) is 6.73. The maximum absolute atomic E-state index is 6.25. The first-order chi connectivity index (χ1) is 14.1. The molecule has 29 heavy (non-hydrogen) atoms. The van der Waals surface area contributed by atoms with Gasteiger partial charge >= 0.3 is 0 Å². The van der Waals surface area contributed by atoms with Crippen LogP contribution in [0.5, 0.6) is 0 Å². The van der Waals surface area contributed by atoms with Crippen LogP contribution in [0.15, 0.2) is 90.1 Å². The van der Waals surface area contributed by atoms with E-state index in [0.717, 1.165) is 23.7 Å². The highest BCUT2D eigenvalue weighted by Gasteiger charge is 2.69. The number of aromatic nitrogens is 1. The molecular weight excluding hydrogens is 358 g/mol. The summed E-state index contributed by atoms with van der Waals surface area (Å²) in [6.45, 7) is 4.86. The highest BCUT2D eigenvalue weighted by atomic mass is 16.5. The van der Waals surface area contributed by atoms with E-state index >= 15 is 0 Å². The maximum Gasteiger partial charge on any atom is 0.213 e. The number of ether oxygens (including phenoxy) is 1. The zero-order chi connectivity index (χ0) is 19.9. The van der Waals surface area contributed by atoms with E-state index in [2.05, 4.69) is 85.5 Å². The molecule has 0 N–H and O–H groups in total. The van der Waals surface area contributed by atoms with Gasteiger partial charge in [0.05, 0.1) is 11.2 Å². The van der Waals surface area contributed by atoms with Gasteiger partial charge in [0.25, 0.3) is 0 Å². The number of para-hydroxylation sites is 1. The number of benzene rings is 2. The Morgan fingerprint density at radius 3 is 2.24 bits per heavy atom. The third-order valence-corrected chi connectivity index (χ3v) is 5.73. The van der Waals surface area contributed by atoms with Crippen molar-refractivity contribution in [3.8, 4) is 0 Å². The van der Waals surface area contributed by atoms with E-state index in [9.17, 15) is 0 Å². The molecule has 0 spiro atoms. The number of anilines is 1. The molecule has 0 saturated carbocycles. The van der Waals surface area contributed by atoms with Gasteiger partial charge in [0.1, 0.15) is 18.2 Å². The fourth-order valence-electron chi connectivity index (χ4n) is 4.41. The van der Waals surface area contributed by atoms with E-state index in [0.29, 0.717) is 6.61 Å². The Balaban J connectivity index is 1.67.